The van der Waals surface area contributed by atoms with E-state index in [9.17, 15) is 0 Å². The van der Waals surface area contributed by atoms with Crippen molar-refractivity contribution in [1.82, 2.24) is 20.8 Å². The number of nitrogens with zero attached hydrogens (tertiary/aromatic N) is 3. The molecule has 6 nitrogen and oxygen atoms in total. The molecule has 0 amide bonds. The van der Waals surface area contributed by atoms with E-state index >= 15 is 0 Å². The van der Waals surface area contributed by atoms with E-state index in [1.807, 2.05) is 6.92 Å². The van der Waals surface area contributed by atoms with Gasteiger partial charge < -0.3 is 15.2 Å². The van der Waals surface area contributed by atoms with Crippen LogP contribution in [0.5, 0.6) is 0 Å². The molecule has 1 heterocycles. The zero-order chi connectivity index (χ0) is 15.0. The molecule has 0 saturated heterocycles. The molecule has 1 aromatic heterocycles. The van der Waals surface area contributed by atoms with E-state index in [0.717, 1.165) is 24.8 Å². The molecule has 0 fully saturated rings. The summed E-state index contributed by atoms with van der Waals surface area (Å²) in [6, 6.07) is 0.389. The summed E-state index contributed by atoms with van der Waals surface area (Å²) in [6.45, 7) is 11.7. The third kappa shape index (κ3) is 6.54. The second kappa shape index (κ2) is 8.55. The Morgan fingerprint density at radius 1 is 1.30 bits per heavy atom. The van der Waals surface area contributed by atoms with E-state index in [4.69, 9.17) is 4.52 Å². The number of rotatable bonds is 7. The van der Waals surface area contributed by atoms with Crippen LogP contribution in [0, 0.1) is 12.8 Å². The maximum atomic E-state index is 5.05. The molecule has 114 valence electrons. The first-order valence-corrected chi connectivity index (χ1v) is 7.35. The highest BCUT2D eigenvalue weighted by Gasteiger charge is 2.07. The fourth-order valence-electron chi connectivity index (χ4n) is 1.76. The van der Waals surface area contributed by atoms with Gasteiger partial charge in [-0.1, -0.05) is 19.0 Å². The van der Waals surface area contributed by atoms with Crippen LogP contribution in [0.15, 0.2) is 9.52 Å². The standard InChI is InChI=1S/C14H27N5O/c1-6-15-14(17-11(4)8-7-10(2)3)16-9-13-18-12(5)19-20-13/h10-11H,6-9H2,1-5H3,(H2,15,16,17). The van der Waals surface area contributed by atoms with Crippen molar-refractivity contribution in [2.24, 2.45) is 10.9 Å². The van der Waals surface area contributed by atoms with Crippen molar-refractivity contribution in [3.05, 3.63) is 11.7 Å². The zero-order valence-corrected chi connectivity index (χ0v) is 13.2. The van der Waals surface area contributed by atoms with Gasteiger partial charge in [-0.15, -0.1) is 0 Å². The molecule has 0 saturated carbocycles. The van der Waals surface area contributed by atoms with Crippen LogP contribution in [0.4, 0.5) is 0 Å². The molecule has 0 aliphatic carbocycles. The monoisotopic (exact) mass is 281 g/mol. The van der Waals surface area contributed by atoms with Crippen molar-refractivity contribution < 1.29 is 4.52 Å². The minimum atomic E-state index is 0.389. The van der Waals surface area contributed by atoms with Gasteiger partial charge >= 0.3 is 0 Å². The molecule has 0 bridgehead atoms. The van der Waals surface area contributed by atoms with Gasteiger partial charge in [0.05, 0.1) is 0 Å². The lowest BCUT2D eigenvalue weighted by Crippen LogP contribution is -2.42. The van der Waals surface area contributed by atoms with Crippen molar-refractivity contribution in [3.63, 3.8) is 0 Å². The van der Waals surface area contributed by atoms with Crippen LogP contribution in [0.2, 0.25) is 0 Å². The molecule has 6 heteroatoms. The van der Waals surface area contributed by atoms with Gasteiger partial charge in [-0.2, -0.15) is 4.98 Å². The average Bonchev–Trinajstić information content (AvgIpc) is 2.80. The van der Waals surface area contributed by atoms with Gasteiger partial charge in [0.15, 0.2) is 11.8 Å². The molecule has 0 aliphatic rings. The first-order valence-electron chi connectivity index (χ1n) is 7.35. The molecule has 1 atom stereocenters. The summed E-state index contributed by atoms with van der Waals surface area (Å²) in [7, 11) is 0. The maximum absolute atomic E-state index is 5.05. The molecule has 1 aromatic rings. The highest BCUT2D eigenvalue weighted by Crippen LogP contribution is 2.06. The predicted octanol–water partition coefficient (Wildman–Crippen LogP) is 2.26. The Morgan fingerprint density at radius 3 is 2.60 bits per heavy atom. The average molecular weight is 281 g/mol. The Hall–Kier alpha value is -1.59. The van der Waals surface area contributed by atoms with Crippen LogP contribution in [-0.2, 0) is 6.54 Å². The Morgan fingerprint density at radius 2 is 2.05 bits per heavy atom. The lowest BCUT2D eigenvalue weighted by atomic mass is 10.0. The molecule has 2 N–H and O–H groups in total. The van der Waals surface area contributed by atoms with Gasteiger partial charge in [-0.05, 0) is 39.5 Å². The molecule has 1 rings (SSSR count). The highest BCUT2D eigenvalue weighted by molar-refractivity contribution is 5.79. The summed E-state index contributed by atoms with van der Waals surface area (Å²) in [5.41, 5.74) is 0. The lowest BCUT2D eigenvalue weighted by Gasteiger charge is -2.18. The van der Waals surface area contributed by atoms with Gasteiger partial charge in [0.2, 0.25) is 5.89 Å². The van der Waals surface area contributed by atoms with Crippen LogP contribution in [0.1, 0.15) is 52.3 Å². The smallest absolute Gasteiger partial charge is 0.248 e. The van der Waals surface area contributed by atoms with Crippen molar-refractivity contribution in [3.8, 4) is 0 Å². The van der Waals surface area contributed by atoms with Crippen LogP contribution >= 0.6 is 0 Å². The van der Waals surface area contributed by atoms with Gasteiger partial charge in [-0.3, -0.25) is 0 Å². The zero-order valence-electron chi connectivity index (χ0n) is 13.2. The quantitative estimate of drug-likeness (QED) is 0.592. The third-order valence-electron chi connectivity index (χ3n) is 2.85. The highest BCUT2D eigenvalue weighted by atomic mass is 16.5. The summed E-state index contributed by atoms with van der Waals surface area (Å²) in [5, 5.41) is 10.4. The number of aliphatic imine (C=N–C) groups is 1. The van der Waals surface area contributed by atoms with E-state index in [1.165, 1.54) is 6.42 Å². The summed E-state index contributed by atoms with van der Waals surface area (Å²) in [5.74, 6) is 2.69. The molecule has 1 unspecified atom stereocenters. The van der Waals surface area contributed by atoms with Gasteiger partial charge in [-0.25, -0.2) is 4.99 Å². The number of aryl methyl sites for hydroxylation is 1. The number of hydrogen-bond donors (Lipinski definition) is 2. The number of nitrogens with one attached hydrogen (secondary N) is 2. The predicted molar refractivity (Wildman–Crippen MR) is 80.5 cm³/mol. The topological polar surface area (TPSA) is 75.3 Å². The van der Waals surface area contributed by atoms with Crippen LogP contribution in [0.3, 0.4) is 0 Å². The summed E-state index contributed by atoms with van der Waals surface area (Å²) >= 11 is 0. The Balaban J connectivity index is 2.49. The summed E-state index contributed by atoms with van der Waals surface area (Å²) < 4.78 is 5.05. The van der Waals surface area contributed by atoms with Crippen LogP contribution in [0.25, 0.3) is 0 Å². The Bertz CT molecular complexity index is 413. The maximum Gasteiger partial charge on any atom is 0.248 e. The van der Waals surface area contributed by atoms with Crippen molar-refractivity contribution in [2.75, 3.05) is 6.54 Å². The van der Waals surface area contributed by atoms with Gasteiger partial charge in [0, 0.05) is 12.6 Å². The Labute approximate surface area is 121 Å². The molecule has 0 spiro atoms. The summed E-state index contributed by atoms with van der Waals surface area (Å²) in [6.07, 6.45) is 2.33. The van der Waals surface area contributed by atoms with E-state index in [-0.39, 0.29) is 0 Å². The van der Waals surface area contributed by atoms with Crippen molar-refractivity contribution in [2.45, 2.75) is 60.0 Å². The fraction of sp³-hybridized carbons (Fsp3) is 0.786. The molecule has 20 heavy (non-hydrogen) atoms. The van der Waals surface area contributed by atoms with Gasteiger partial charge in [0.25, 0.3) is 0 Å². The van der Waals surface area contributed by atoms with E-state index < -0.39 is 0 Å². The van der Waals surface area contributed by atoms with Crippen LogP contribution in [-0.4, -0.2) is 28.7 Å². The lowest BCUT2D eigenvalue weighted by molar-refractivity contribution is 0.376. The number of guanidine groups is 1. The SMILES string of the molecule is CCNC(=NCc1nc(C)no1)NC(C)CCC(C)C. The van der Waals surface area contributed by atoms with E-state index in [2.05, 4.69) is 46.5 Å². The molecular weight excluding hydrogens is 254 g/mol. The minimum Gasteiger partial charge on any atom is -0.357 e. The van der Waals surface area contributed by atoms with Crippen molar-refractivity contribution in [1.29, 1.82) is 0 Å². The number of hydrogen-bond acceptors (Lipinski definition) is 4. The second-order valence-electron chi connectivity index (χ2n) is 5.45. The molecular formula is C14H27N5O. The van der Waals surface area contributed by atoms with Crippen LogP contribution < -0.4 is 10.6 Å². The molecule has 0 aromatic carbocycles. The van der Waals surface area contributed by atoms with Crippen molar-refractivity contribution >= 4 is 5.96 Å². The fourth-order valence-corrected chi connectivity index (χ4v) is 1.76. The summed E-state index contributed by atoms with van der Waals surface area (Å²) in [4.78, 5) is 8.60. The first kappa shape index (κ1) is 16.5. The number of aromatic nitrogens is 2. The largest absolute Gasteiger partial charge is 0.357 e. The van der Waals surface area contributed by atoms with E-state index in [1.54, 1.807) is 6.92 Å². The molecule has 0 aliphatic heterocycles. The third-order valence-corrected chi connectivity index (χ3v) is 2.85. The molecule has 0 radical (unpaired) electrons. The normalized spacial score (nSPS) is 13.6. The minimum absolute atomic E-state index is 0.389. The first-order chi connectivity index (χ1) is 9.51. The Kier molecular flexibility index (Phi) is 7.04. The van der Waals surface area contributed by atoms with Gasteiger partial charge in [0.1, 0.15) is 6.54 Å². The second-order valence-corrected chi connectivity index (χ2v) is 5.45. The van der Waals surface area contributed by atoms with E-state index in [0.29, 0.717) is 24.3 Å².